The third-order valence-corrected chi connectivity index (χ3v) is 4.54. The summed E-state index contributed by atoms with van der Waals surface area (Å²) in [6.07, 6.45) is 2.49. The fourth-order valence-corrected chi connectivity index (χ4v) is 3.25. The molecule has 0 spiro atoms. The minimum atomic E-state index is -0.301. The molecular weight excluding hydrogens is 384 g/mol. The topological polar surface area (TPSA) is 94.5 Å². The molecule has 0 fully saturated rings. The van der Waals surface area contributed by atoms with Crippen LogP contribution in [0.2, 0.25) is 0 Å². The Morgan fingerprint density at radius 3 is 2.50 bits per heavy atom. The lowest BCUT2D eigenvalue weighted by atomic mass is 10.1. The van der Waals surface area contributed by atoms with Gasteiger partial charge in [0.2, 0.25) is 5.91 Å². The first-order valence-electron chi connectivity index (χ1n) is 9.62. The third kappa shape index (κ3) is 4.27. The minimum absolute atomic E-state index is 0.178. The number of nitrogens with one attached hydrogen (secondary N) is 2. The maximum atomic E-state index is 13.0. The van der Waals surface area contributed by atoms with Gasteiger partial charge in [-0.05, 0) is 36.4 Å². The first-order chi connectivity index (χ1) is 14.5. The van der Waals surface area contributed by atoms with Crippen LogP contribution in [0.3, 0.4) is 0 Å². The molecule has 0 saturated carbocycles. The monoisotopic (exact) mass is 406 g/mol. The molecular formula is C22H22N4O4. The van der Waals surface area contributed by atoms with Gasteiger partial charge in [0.1, 0.15) is 5.69 Å². The van der Waals surface area contributed by atoms with Gasteiger partial charge in [0.05, 0.1) is 18.8 Å². The molecule has 8 heteroatoms. The highest BCUT2D eigenvalue weighted by atomic mass is 16.5. The van der Waals surface area contributed by atoms with Crippen LogP contribution in [0.25, 0.3) is 11.3 Å². The zero-order valence-electron chi connectivity index (χ0n) is 16.8. The molecule has 0 bridgehead atoms. The lowest BCUT2D eigenvalue weighted by molar-refractivity contribution is -0.114. The second-order valence-corrected chi connectivity index (χ2v) is 6.99. The molecule has 2 amide bonds. The molecule has 2 aromatic carbocycles. The van der Waals surface area contributed by atoms with E-state index < -0.39 is 0 Å². The van der Waals surface area contributed by atoms with E-state index in [-0.39, 0.29) is 11.8 Å². The fourth-order valence-electron chi connectivity index (χ4n) is 3.25. The van der Waals surface area contributed by atoms with Crippen LogP contribution >= 0.6 is 0 Å². The van der Waals surface area contributed by atoms with E-state index in [1.54, 1.807) is 42.2 Å². The quantitative estimate of drug-likeness (QED) is 0.692. The van der Waals surface area contributed by atoms with Crippen molar-refractivity contribution in [3.05, 3.63) is 54.2 Å². The number of carbonyl (C=O) groups excluding carboxylic acids is 2. The van der Waals surface area contributed by atoms with Crippen molar-refractivity contribution in [3.8, 4) is 22.8 Å². The van der Waals surface area contributed by atoms with Gasteiger partial charge in [-0.3, -0.25) is 14.3 Å². The molecule has 8 nitrogen and oxygen atoms in total. The van der Waals surface area contributed by atoms with Crippen molar-refractivity contribution in [2.75, 3.05) is 23.8 Å². The Kier molecular flexibility index (Phi) is 5.38. The molecule has 3 aromatic rings. The van der Waals surface area contributed by atoms with Crippen LogP contribution in [0.15, 0.2) is 48.7 Å². The Balaban J connectivity index is 1.61. The van der Waals surface area contributed by atoms with Crippen LogP contribution in [-0.2, 0) is 11.8 Å². The maximum Gasteiger partial charge on any atom is 0.259 e. The van der Waals surface area contributed by atoms with Crippen molar-refractivity contribution in [1.29, 1.82) is 0 Å². The normalized spacial score (nSPS) is 12.7. The van der Waals surface area contributed by atoms with Crippen molar-refractivity contribution in [1.82, 2.24) is 9.78 Å². The number of amides is 2. The average Bonchev–Trinajstić information content (AvgIpc) is 2.95. The summed E-state index contributed by atoms with van der Waals surface area (Å²) in [6.45, 7) is 2.63. The lowest BCUT2D eigenvalue weighted by Gasteiger charge is -2.10. The van der Waals surface area contributed by atoms with Gasteiger partial charge >= 0.3 is 0 Å². The zero-order valence-corrected chi connectivity index (χ0v) is 16.8. The number of hydrogen-bond acceptors (Lipinski definition) is 5. The van der Waals surface area contributed by atoms with Gasteiger partial charge in [0, 0.05) is 43.5 Å². The second kappa shape index (κ2) is 8.28. The summed E-state index contributed by atoms with van der Waals surface area (Å²) in [5, 5.41) is 10.0. The largest absolute Gasteiger partial charge is 0.490 e. The number of aromatic nitrogens is 2. The van der Waals surface area contributed by atoms with Gasteiger partial charge in [0.25, 0.3) is 5.91 Å². The molecule has 1 aliphatic rings. The first-order valence-corrected chi connectivity index (χ1v) is 9.62. The van der Waals surface area contributed by atoms with Crippen LogP contribution in [0, 0.1) is 0 Å². The first kappa shape index (κ1) is 19.5. The number of nitrogens with zero attached hydrogens (tertiary/aromatic N) is 2. The third-order valence-electron chi connectivity index (χ3n) is 4.54. The van der Waals surface area contributed by atoms with Gasteiger partial charge in [0.15, 0.2) is 11.5 Å². The van der Waals surface area contributed by atoms with Gasteiger partial charge in [-0.25, -0.2) is 0 Å². The average molecular weight is 406 g/mol. The summed E-state index contributed by atoms with van der Waals surface area (Å²) >= 11 is 0. The van der Waals surface area contributed by atoms with Gasteiger partial charge < -0.3 is 20.1 Å². The summed E-state index contributed by atoms with van der Waals surface area (Å²) in [7, 11) is 1.76. The molecule has 0 saturated heterocycles. The number of hydrogen-bond donors (Lipinski definition) is 2. The van der Waals surface area contributed by atoms with E-state index in [0.717, 1.165) is 12.0 Å². The smallest absolute Gasteiger partial charge is 0.259 e. The highest BCUT2D eigenvalue weighted by Crippen LogP contribution is 2.35. The number of fused-ring (bicyclic) bond motifs is 1. The fraction of sp³-hybridized carbons (Fsp3) is 0.227. The van der Waals surface area contributed by atoms with Crippen molar-refractivity contribution in [3.63, 3.8) is 0 Å². The second-order valence-electron chi connectivity index (χ2n) is 6.99. The zero-order chi connectivity index (χ0) is 21.1. The number of ether oxygens (including phenoxy) is 2. The Morgan fingerprint density at radius 1 is 1.00 bits per heavy atom. The summed E-state index contributed by atoms with van der Waals surface area (Å²) in [5.74, 6) is 0.852. The van der Waals surface area contributed by atoms with Crippen LogP contribution < -0.4 is 20.1 Å². The van der Waals surface area contributed by atoms with Crippen molar-refractivity contribution >= 4 is 23.2 Å². The summed E-state index contributed by atoms with van der Waals surface area (Å²) in [6, 6.07) is 12.5. The van der Waals surface area contributed by atoms with E-state index in [2.05, 4.69) is 15.7 Å². The molecule has 0 aliphatic carbocycles. The Labute approximate surface area is 173 Å². The molecule has 1 aromatic heterocycles. The highest BCUT2D eigenvalue weighted by Gasteiger charge is 2.20. The predicted octanol–water partition coefficient (Wildman–Crippen LogP) is 3.46. The molecule has 2 N–H and O–H groups in total. The van der Waals surface area contributed by atoms with E-state index in [0.29, 0.717) is 47.3 Å². The van der Waals surface area contributed by atoms with E-state index >= 15 is 0 Å². The Hall–Kier alpha value is -3.81. The molecule has 0 radical (unpaired) electrons. The molecule has 154 valence electrons. The molecule has 2 heterocycles. The number of rotatable bonds is 4. The molecule has 0 unspecified atom stereocenters. The van der Waals surface area contributed by atoms with Crippen LogP contribution in [0.1, 0.15) is 23.7 Å². The summed E-state index contributed by atoms with van der Waals surface area (Å²) < 4.78 is 13.0. The lowest BCUT2D eigenvalue weighted by Crippen LogP contribution is -2.13. The molecule has 1 aliphatic heterocycles. The van der Waals surface area contributed by atoms with E-state index in [9.17, 15) is 9.59 Å². The van der Waals surface area contributed by atoms with Crippen molar-refractivity contribution in [2.45, 2.75) is 13.3 Å². The number of carbonyl (C=O) groups is 2. The minimum Gasteiger partial charge on any atom is -0.490 e. The van der Waals surface area contributed by atoms with Crippen molar-refractivity contribution < 1.29 is 19.1 Å². The van der Waals surface area contributed by atoms with Crippen LogP contribution in [-0.4, -0.2) is 34.8 Å². The Morgan fingerprint density at radius 2 is 1.73 bits per heavy atom. The highest BCUT2D eigenvalue weighted by molar-refractivity contribution is 6.08. The molecule has 30 heavy (non-hydrogen) atoms. The van der Waals surface area contributed by atoms with Crippen LogP contribution in [0.4, 0.5) is 11.4 Å². The van der Waals surface area contributed by atoms with Crippen molar-refractivity contribution in [2.24, 2.45) is 7.05 Å². The van der Waals surface area contributed by atoms with E-state index in [1.807, 2.05) is 18.2 Å². The van der Waals surface area contributed by atoms with Crippen LogP contribution in [0.5, 0.6) is 11.5 Å². The number of aryl methyl sites for hydroxylation is 1. The van der Waals surface area contributed by atoms with Gasteiger partial charge in [-0.15, -0.1) is 0 Å². The SMILES string of the molecule is CC(=O)Nc1cccc(NC(=O)c2cn(C)nc2-c2ccc3c(c2)OCCCO3)c1. The van der Waals surface area contributed by atoms with Gasteiger partial charge in [-0.2, -0.15) is 5.10 Å². The molecule has 4 rings (SSSR count). The number of anilines is 2. The molecule has 0 atom stereocenters. The van der Waals surface area contributed by atoms with E-state index in [4.69, 9.17) is 9.47 Å². The predicted molar refractivity (Wildman–Crippen MR) is 113 cm³/mol. The summed E-state index contributed by atoms with van der Waals surface area (Å²) in [5.41, 5.74) is 2.91. The van der Waals surface area contributed by atoms with E-state index in [1.165, 1.54) is 6.92 Å². The number of benzene rings is 2. The Bertz CT molecular complexity index is 1110. The summed E-state index contributed by atoms with van der Waals surface area (Å²) in [4.78, 5) is 24.3. The maximum absolute atomic E-state index is 13.0. The van der Waals surface area contributed by atoms with Gasteiger partial charge in [-0.1, -0.05) is 6.07 Å². The standard InChI is InChI=1S/C22H22N4O4/c1-14(27)23-16-5-3-6-17(12-16)24-22(28)18-13-26(2)25-21(18)15-7-8-19-20(11-15)30-10-4-9-29-19/h3,5-8,11-13H,4,9-10H2,1-2H3,(H,23,27)(H,24,28).